The molecule has 1 aliphatic heterocycles. The molecule has 2 aromatic carbocycles. The molecule has 138 valence electrons. The van der Waals surface area contributed by atoms with Crippen LogP contribution < -0.4 is 10.1 Å². The molecule has 4 rings (SSSR count). The Morgan fingerprint density at radius 1 is 1.30 bits per heavy atom. The molecule has 0 spiro atoms. The van der Waals surface area contributed by atoms with Crippen LogP contribution in [0.25, 0.3) is 11.3 Å². The molecule has 0 saturated carbocycles. The van der Waals surface area contributed by atoms with Gasteiger partial charge in [0.1, 0.15) is 5.75 Å². The lowest BCUT2D eigenvalue weighted by atomic mass is 10.1. The Balaban J connectivity index is 1.64. The Labute approximate surface area is 166 Å². The molecule has 0 bridgehead atoms. The van der Waals surface area contributed by atoms with E-state index < -0.39 is 0 Å². The van der Waals surface area contributed by atoms with Crippen LogP contribution in [0, 0.1) is 0 Å². The number of ether oxygens (including phenoxy) is 1. The molecular weight excluding hydrogens is 382 g/mol. The van der Waals surface area contributed by atoms with Crippen LogP contribution in [-0.2, 0) is 12.8 Å². The van der Waals surface area contributed by atoms with E-state index in [0.29, 0.717) is 28.8 Å². The zero-order valence-corrected chi connectivity index (χ0v) is 16.5. The number of carbonyl (C=O) groups is 1. The molecule has 1 aliphatic rings. The maximum Gasteiger partial charge on any atom is 0.276 e. The van der Waals surface area contributed by atoms with Crippen LogP contribution in [0.3, 0.4) is 0 Å². The summed E-state index contributed by atoms with van der Waals surface area (Å²) in [6.45, 7) is 2.54. The molecule has 0 aliphatic carbocycles. The van der Waals surface area contributed by atoms with E-state index in [1.54, 1.807) is 16.4 Å². The zero-order chi connectivity index (χ0) is 19.0. The summed E-state index contributed by atoms with van der Waals surface area (Å²) in [5.41, 5.74) is 4.04. The zero-order valence-electron chi connectivity index (χ0n) is 15.0. The average molecular weight is 400 g/mol. The normalized spacial score (nSPS) is 12.3. The number of hydrogen-bond acceptors (Lipinski definition) is 4. The number of benzene rings is 2. The number of carbonyl (C=O) groups excluding carboxylic acids is 1. The fraction of sp³-hybridized carbons (Fsp3) is 0.200. The smallest absolute Gasteiger partial charge is 0.276 e. The summed E-state index contributed by atoms with van der Waals surface area (Å²) in [7, 11) is 1.85. The molecule has 27 heavy (non-hydrogen) atoms. The van der Waals surface area contributed by atoms with E-state index in [4.69, 9.17) is 16.3 Å². The van der Waals surface area contributed by atoms with Gasteiger partial charge in [0.2, 0.25) is 0 Å². The van der Waals surface area contributed by atoms with E-state index in [1.807, 2.05) is 56.4 Å². The van der Waals surface area contributed by atoms with Crippen LogP contribution in [0.5, 0.6) is 5.75 Å². The molecule has 0 radical (unpaired) electrons. The van der Waals surface area contributed by atoms with Gasteiger partial charge in [-0.15, -0.1) is 11.8 Å². The summed E-state index contributed by atoms with van der Waals surface area (Å²) < 4.78 is 7.19. The highest BCUT2D eigenvalue weighted by atomic mass is 35.5. The SMILES string of the molecule is CCOc1ccc(NC(=O)c2nn(C)c3c2CSc2ccc(Cl)cc2-3)cc1. The Bertz CT molecular complexity index is 1010. The molecule has 5 nitrogen and oxygen atoms in total. The van der Waals surface area contributed by atoms with Crippen molar-refractivity contribution in [2.24, 2.45) is 7.05 Å². The second kappa shape index (κ2) is 7.29. The molecule has 0 atom stereocenters. The predicted octanol–water partition coefficient (Wildman–Crippen LogP) is 5.00. The average Bonchev–Trinajstić information content (AvgIpc) is 3.01. The molecular formula is C20H18ClN3O2S. The van der Waals surface area contributed by atoms with Gasteiger partial charge in [-0.2, -0.15) is 5.10 Å². The van der Waals surface area contributed by atoms with Gasteiger partial charge >= 0.3 is 0 Å². The first kappa shape index (κ1) is 17.9. The quantitative estimate of drug-likeness (QED) is 0.670. The number of nitrogens with zero attached hydrogens (tertiary/aromatic N) is 2. The molecule has 0 saturated heterocycles. The lowest BCUT2D eigenvalue weighted by Crippen LogP contribution is -2.15. The van der Waals surface area contributed by atoms with Gasteiger partial charge in [-0.3, -0.25) is 9.48 Å². The number of anilines is 1. The number of rotatable bonds is 4. The maximum atomic E-state index is 12.8. The van der Waals surface area contributed by atoms with Crippen molar-refractivity contribution in [1.29, 1.82) is 0 Å². The van der Waals surface area contributed by atoms with Crippen molar-refractivity contribution in [1.82, 2.24) is 9.78 Å². The summed E-state index contributed by atoms with van der Waals surface area (Å²) in [5.74, 6) is 1.25. The van der Waals surface area contributed by atoms with Crippen LogP contribution >= 0.6 is 23.4 Å². The minimum absolute atomic E-state index is 0.220. The summed E-state index contributed by atoms with van der Waals surface area (Å²) in [6.07, 6.45) is 0. The standard InChI is InChI=1S/C20H18ClN3O2S/c1-3-26-14-7-5-13(6-8-14)22-20(25)18-16-11-27-17-9-4-12(21)10-15(17)19(16)24(2)23-18/h4-10H,3,11H2,1-2H3,(H,22,25). The number of halogens is 1. The van der Waals surface area contributed by atoms with Crippen molar-refractivity contribution >= 4 is 35.0 Å². The minimum Gasteiger partial charge on any atom is -0.494 e. The number of hydrogen-bond donors (Lipinski definition) is 1. The van der Waals surface area contributed by atoms with Gasteiger partial charge < -0.3 is 10.1 Å². The molecule has 1 aromatic heterocycles. The van der Waals surface area contributed by atoms with Crippen molar-refractivity contribution in [3.05, 3.63) is 58.7 Å². The highest BCUT2D eigenvalue weighted by Gasteiger charge is 2.28. The number of fused-ring (bicyclic) bond motifs is 3. The monoisotopic (exact) mass is 399 g/mol. The summed E-state index contributed by atoms with van der Waals surface area (Å²) in [6, 6.07) is 13.1. The third-order valence-corrected chi connectivity index (χ3v) is 5.69. The third kappa shape index (κ3) is 3.42. The van der Waals surface area contributed by atoms with Gasteiger partial charge in [0, 0.05) is 39.5 Å². The van der Waals surface area contributed by atoms with E-state index in [-0.39, 0.29) is 5.91 Å². The van der Waals surface area contributed by atoms with Crippen LogP contribution in [-0.4, -0.2) is 22.3 Å². The van der Waals surface area contributed by atoms with E-state index in [2.05, 4.69) is 10.4 Å². The van der Waals surface area contributed by atoms with Crippen LogP contribution in [0.15, 0.2) is 47.4 Å². The molecule has 7 heteroatoms. The van der Waals surface area contributed by atoms with Crippen molar-refractivity contribution in [3.8, 4) is 17.0 Å². The summed E-state index contributed by atoms with van der Waals surface area (Å²) in [4.78, 5) is 14.0. The van der Waals surface area contributed by atoms with Crippen LogP contribution in [0.4, 0.5) is 5.69 Å². The fourth-order valence-corrected chi connectivity index (χ4v) is 4.40. The first-order chi connectivity index (χ1) is 13.1. The molecule has 1 N–H and O–H groups in total. The molecule has 0 fully saturated rings. The Kier molecular flexibility index (Phi) is 4.85. The first-order valence-electron chi connectivity index (χ1n) is 8.59. The lowest BCUT2D eigenvalue weighted by molar-refractivity contribution is 0.102. The van der Waals surface area contributed by atoms with E-state index in [1.165, 1.54) is 0 Å². The second-order valence-corrected chi connectivity index (χ2v) is 7.59. The van der Waals surface area contributed by atoms with Gasteiger partial charge in [0.25, 0.3) is 5.91 Å². The topological polar surface area (TPSA) is 56.1 Å². The third-order valence-electron chi connectivity index (χ3n) is 4.35. The van der Waals surface area contributed by atoms with E-state index in [0.717, 1.165) is 27.5 Å². The minimum atomic E-state index is -0.220. The first-order valence-corrected chi connectivity index (χ1v) is 9.96. The van der Waals surface area contributed by atoms with Crippen molar-refractivity contribution in [2.75, 3.05) is 11.9 Å². The predicted molar refractivity (Wildman–Crippen MR) is 109 cm³/mol. The van der Waals surface area contributed by atoms with Gasteiger partial charge in [-0.05, 0) is 49.4 Å². The van der Waals surface area contributed by atoms with Gasteiger partial charge in [0.05, 0.1) is 12.3 Å². The van der Waals surface area contributed by atoms with Crippen molar-refractivity contribution < 1.29 is 9.53 Å². The second-order valence-electron chi connectivity index (χ2n) is 6.14. The van der Waals surface area contributed by atoms with Crippen LogP contribution in [0.1, 0.15) is 23.0 Å². The number of aromatic nitrogens is 2. The Morgan fingerprint density at radius 3 is 2.81 bits per heavy atom. The highest BCUT2D eigenvalue weighted by molar-refractivity contribution is 7.98. The van der Waals surface area contributed by atoms with Gasteiger partial charge in [-0.25, -0.2) is 0 Å². The largest absolute Gasteiger partial charge is 0.494 e. The molecule has 0 unspecified atom stereocenters. The van der Waals surface area contributed by atoms with Crippen molar-refractivity contribution in [3.63, 3.8) is 0 Å². The van der Waals surface area contributed by atoms with E-state index in [9.17, 15) is 4.79 Å². The maximum absolute atomic E-state index is 12.8. The Morgan fingerprint density at radius 2 is 2.07 bits per heavy atom. The number of amides is 1. The Hall–Kier alpha value is -2.44. The van der Waals surface area contributed by atoms with Gasteiger partial charge in [-0.1, -0.05) is 11.6 Å². The fourth-order valence-electron chi connectivity index (χ4n) is 3.18. The number of aryl methyl sites for hydroxylation is 1. The molecule has 2 heterocycles. The number of thioether (sulfide) groups is 1. The highest BCUT2D eigenvalue weighted by Crippen LogP contribution is 2.43. The summed E-state index contributed by atoms with van der Waals surface area (Å²) >= 11 is 7.87. The summed E-state index contributed by atoms with van der Waals surface area (Å²) in [5, 5.41) is 8.08. The lowest BCUT2D eigenvalue weighted by Gasteiger charge is -2.17. The van der Waals surface area contributed by atoms with E-state index >= 15 is 0 Å². The molecule has 3 aromatic rings. The van der Waals surface area contributed by atoms with Crippen LogP contribution in [0.2, 0.25) is 5.02 Å². The number of nitrogens with one attached hydrogen (secondary N) is 1. The molecule has 1 amide bonds. The van der Waals surface area contributed by atoms with Crippen molar-refractivity contribution in [2.45, 2.75) is 17.6 Å². The van der Waals surface area contributed by atoms with Gasteiger partial charge in [0.15, 0.2) is 5.69 Å².